The SMILES string of the molecule is O=C(NC1CCCCC1)[C@H]1C=CCN1C(=O)c1ccc(F)cc1F. The second-order valence-electron chi connectivity index (χ2n) is 6.30. The van der Waals surface area contributed by atoms with E-state index in [2.05, 4.69) is 5.32 Å². The number of nitrogens with zero attached hydrogens (tertiary/aromatic N) is 1. The van der Waals surface area contributed by atoms with Gasteiger partial charge in [0.1, 0.15) is 17.7 Å². The lowest BCUT2D eigenvalue weighted by Crippen LogP contribution is -2.49. The predicted octanol–water partition coefficient (Wildman–Crippen LogP) is 2.79. The van der Waals surface area contributed by atoms with E-state index in [1.165, 1.54) is 11.3 Å². The van der Waals surface area contributed by atoms with Crippen molar-refractivity contribution in [1.82, 2.24) is 10.2 Å². The van der Waals surface area contributed by atoms with Crippen molar-refractivity contribution in [1.29, 1.82) is 0 Å². The van der Waals surface area contributed by atoms with Crippen molar-refractivity contribution in [3.63, 3.8) is 0 Å². The second-order valence-corrected chi connectivity index (χ2v) is 6.30. The van der Waals surface area contributed by atoms with Crippen LogP contribution in [0.1, 0.15) is 42.5 Å². The van der Waals surface area contributed by atoms with Gasteiger partial charge in [-0.15, -0.1) is 0 Å². The zero-order chi connectivity index (χ0) is 17.1. The number of carbonyl (C=O) groups excluding carboxylic acids is 2. The molecule has 1 aliphatic heterocycles. The van der Waals surface area contributed by atoms with Gasteiger partial charge >= 0.3 is 0 Å². The first-order chi connectivity index (χ1) is 11.6. The zero-order valence-corrected chi connectivity index (χ0v) is 13.3. The Morgan fingerprint density at radius 2 is 1.88 bits per heavy atom. The molecule has 24 heavy (non-hydrogen) atoms. The van der Waals surface area contributed by atoms with Gasteiger partial charge in [-0.25, -0.2) is 8.78 Å². The number of amides is 2. The van der Waals surface area contributed by atoms with Crippen molar-refractivity contribution in [2.45, 2.75) is 44.2 Å². The van der Waals surface area contributed by atoms with Gasteiger partial charge in [0.05, 0.1) is 5.56 Å². The van der Waals surface area contributed by atoms with Crippen molar-refractivity contribution in [2.24, 2.45) is 0 Å². The maximum absolute atomic E-state index is 13.8. The average molecular weight is 334 g/mol. The fraction of sp³-hybridized carbons (Fsp3) is 0.444. The summed E-state index contributed by atoms with van der Waals surface area (Å²) in [6.07, 6.45) is 8.63. The van der Waals surface area contributed by atoms with E-state index in [0.717, 1.165) is 37.8 Å². The normalized spacial score (nSPS) is 21.1. The molecular weight excluding hydrogens is 314 g/mol. The fourth-order valence-electron chi connectivity index (χ4n) is 3.31. The monoisotopic (exact) mass is 334 g/mol. The van der Waals surface area contributed by atoms with E-state index < -0.39 is 23.6 Å². The van der Waals surface area contributed by atoms with Gasteiger partial charge in [-0.05, 0) is 25.0 Å². The number of halogens is 2. The number of benzene rings is 1. The summed E-state index contributed by atoms with van der Waals surface area (Å²) >= 11 is 0. The third-order valence-electron chi connectivity index (χ3n) is 4.60. The van der Waals surface area contributed by atoms with Gasteiger partial charge in [0, 0.05) is 18.7 Å². The van der Waals surface area contributed by atoms with Crippen LogP contribution in [-0.2, 0) is 4.79 Å². The Bertz CT molecular complexity index is 669. The van der Waals surface area contributed by atoms with Gasteiger partial charge < -0.3 is 10.2 Å². The van der Waals surface area contributed by atoms with E-state index in [1.807, 2.05) is 0 Å². The van der Waals surface area contributed by atoms with Gasteiger partial charge in [-0.2, -0.15) is 0 Å². The Morgan fingerprint density at radius 3 is 2.58 bits per heavy atom. The molecule has 2 amide bonds. The second kappa shape index (κ2) is 7.11. The molecule has 2 aliphatic rings. The van der Waals surface area contributed by atoms with Gasteiger partial charge in [0.15, 0.2) is 0 Å². The van der Waals surface area contributed by atoms with Crippen LogP contribution in [0.25, 0.3) is 0 Å². The molecule has 1 saturated carbocycles. The molecule has 1 heterocycles. The first-order valence-corrected chi connectivity index (χ1v) is 8.29. The van der Waals surface area contributed by atoms with Gasteiger partial charge in [0.25, 0.3) is 5.91 Å². The standard InChI is InChI=1S/C18H20F2N2O2/c19-12-8-9-14(15(20)11-12)18(24)22-10-4-7-16(22)17(23)21-13-5-2-1-3-6-13/h4,7-9,11,13,16H,1-3,5-6,10H2,(H,21,23)/t16-/m1/s1. The third kappa shape index (κ3) is 3.47. The van der Waals surface area contributed by atoms with Gasteiger partial charge in [-0.1, -0.05) is 31.4 Å². The lowest BCUT2D eigenvalue weighted by Gasteiger charge is -2.28. The molecule has 0 unspecified atom stereocenters. The van der Waals surface area contributed by atoms with Crippen LogP contribution < -0.4 is 5.32 Å². The van der Waals surface area contributed by atoms with Crippen molar-refractivity contribution < 1.29 is 18.4 Å². The van der Waals surface area contributed by atoms with Crippen LogP contribution >= 0.6 is 0 Å². The molecule has 1 atom stereocenters. The van der Waals surface area contributed by atoms with Crippen LogP contribution in [0.2, 0.25) is 0 Å². The van der Waals surface area contributed by atoms with Gasteiger partial charge in [-0.3, -0.25) is 9.59 Å². The molecule has 0 saturated heterocycles. The number of hydrogen-bond donors (Lipinski definition) is 1. The fourth-order valence-corrected chi connectivity index (χ4v) is 3.31. The largest absolute Gasteiger partial charge is 0.351 e. The highest BCUT2D eigenvalue weighted by molar-refractivity contribution is 5.99. The van der Waals surface area contributed by atoms with Crippen molar-refractivity contribution >= 4 is 11.8 Å². The Morgan fingerprint density at radius 1 is 1.12 bits per heavy atom. The quantitative estimate of drug-likeness (QED) is 0.864. The molecule has 0 radical (unpaired) electrons. The van der Waals surface area contributed by atoms with Crippen LogP contribution in [0.3, 0.4) is 0 Å². The minimum absolute atomic E-state index is 0.139. The summed E-state index contributed by atoms with van der Waals surface area (Å²) in [7, 11) is 0. The molecule has 1 aromatic rings. The summed E-state index contributed by atoms with van der Waals surface area (Å²) in [5.74, 6) is -2.51. The minimum Gasteiger partial charge on any atom is -0.351 e. The highest BCUT2D eigenvalue weighted by Crippen LogP contribution is 2.20. The van der Waals surface area contributed by atoms with E-state index in [1.54, 1.807) is 12.2 Å². The maximum atomic E-state index is 13.8. The number of nitrogens with one attached hydrogen (secondary N) is 1. The molecule has 1 fully saturated rings. The Balaban J connectivity index is 1.70. The van der Waals surface area contributed by atoms with Crippen LogP contribution in [-0.4, -0.2) is 35.3 Å². The van der Waals surface area contributed by atoms with E-state index in [9.17, 15) is 18.4 Å². The number of rotatable bonds is 3. The molecule has 0 aromatic heterocycles. The third-order valence-corrected chi connectivity index (χ3v) is 4.60. The van der Waals surface area contributed by atoms with Crippen molar-refractivity contribution in [2.75, 3.05) is 6.54 Å². The molecule has 1 aliphatic carbocycles. The summed E-state index contributed by atoms with van der Waals surface area (Å²) in [5, 5.41) is 2.98. The molecule has 0 spiro atoms. The lowest BCUT2D eigenvalue weighted by molar-refractivity contribution is -0.124. The molecule has 3 rings (SSSR count). The van der Waals surface area contributed by atoms with Crippen LogP contribution in [0.5, 0.6) is 0 Å². The highest BCUT2D eigenvalue weighted by atomic mass is 19.1. The van der Waals surface area contributed by atoms with E-state index in [-0.39, 0.29) is 24.1 Å². The van der Waals surface area contributed by atoms with Crippen LogP contribution in [0.15, 0.2) is 30.4 Å². The maximum Gasteiger partial charge on any atom is 0.258 e. The Kier molecular flexibility index (Phi) is 4.92. The predicted molar refractivity (Wildman–Crippen MR) is 85.3 cm³/mol. The number of carbonyl (C=O) groups is 2. The molecular formula is C18H20F2N2O2. The first-order valence-electron chi connectivity index (χ1n) is 8.29. The molecule has 1 N–H and O–H groups in total. The van der Waals surface area contributed by atoms with E-state index in [4.69, 9.17) is 0 Å². The highest BCUT2D eigenvalue weighted by Gasteiger charge is 2.33. The zero-order valence-electron chi connectivity index (χ0n) is 13.3. The molecule has 4 nitrogen and oxygen atoms in total. The van der Waals surface area contributed by atoms with E-state index in [0.29, 0.717) is 6.07 Å². The topological polar surface area (TPSA) is 49.4 Å². The van der Waals surface area contributed by atoms with Crippen molar-refractivity contribution in [3.05, 3.63) is 47.5 Å². The van der Waals surface area contributed by atoms with E-state index >= 15 is 0 Å². The van der Waals surface area contributed by atoms with Gasteiger partial charge in [0.2, 0.25) is 5.91 Å². The summed E-state index contributed by atoms with van der Waals surface area (Å²) in [6.45, 7) is 0.235. The summed E-state index contributed by atoms with van der Waals surface area (Å²) in [6, 6.07) is 2.22. The van der Waals surface area contributed by atoms with Crippen molar-refractivity contribution in [3.8, 4) is 0 Å². The summed E-state index contributed by atoms with van der Waals surface area (Å²) in [4.78, 5) is 26.3. The summed E-state index contributed by atoms with van der Waals surface area (Å²) < 4.78 is 26.9. The minimum atomic E-state index is -0.918. The molecule has 6 heteroatoms. The molecule has 128 valence electrons. The van der Waals surface area contributed by atoms with Crippen LogP contribution in [0, 0.1) is 11.6 Å². The Hall–Kier alpha value is -2.24. The average Bonchev–Trinajstić information content (AvgIpc) is 3.05. The lowest BCUT2D eigenvalue weighted by atomic mass is 9.95. The Labute approximate surface area is 139 Å². The first kappa shape index (κ1) is 16.6. The van der Waals surface area contributed by atoms with Crippen LogP contribution in [0.4, 0.5) is 8.78 Å². The number of hydrogen-bond acceptors (Lipinski definition) is 2. The smallest absolute Gasteiger partial charge is 0.258 e. The molecule has 0 bridgehead atoms. The molecule has 1 aromatic carbocycles. The summed E-state index contributed by atoms with van der Waals surface area (Å²) in [5.41, 5.74) is -0.226.